The Kier molecular flexibility index (Phi) is 22.7. The molecule has 0 heterocycles. The first-order chi connectivity index (χ1) is 16.5. The zero-order chi connectivity index (χ0) is 25.3. The van der Waals surface area contributed by atoms with Gasteiger partial charge in [-0.2, -0.15) is 0 Å². The smallest absolute Gasteiger partial charge is 0.309 e. The van der Waals surface area contributed by atoms with E-state index in [1.54, 1.807) is 0 Å². The maximum atomic E-state index is 12.3. The van der Waals surface area contributed by atoms with Crippen molar-refractivity contribution in [3.8, 4) is 0 Å². The Labute approximate surface area is 206 Å². The normalized spacial score (nSPS) is 11.7. The fourth-order valence-corrected chi connectivity index (χ4v) is 3.64. The van der Waals surface area contributed by atoms with Crippen molar-refractivity contribution in [3.05, 3.63) is 0 Å². The first kappa shape index (κ1) is 32.8. The quantitative estimate of drug-likeness (QED) is 0.149. The average Bonchev–Trinajstić information content (AvgIpc) is 2.80. The first-order valence-electron chi connectivity index (χ1n) is 13.2. The summed E-state index contributed by atoms with van der Waals surface area (Å²) >= 11 is 0. The molecule has 0 fully saturated rings. The first-order valence-corrected chi connectivity index (χ1v) is 13.2. The number of carboxylic acids is 2. The van der Waals surface area contributed by atoms with Crippen molar-refractivity contribution < 1.29 is 38.7 Å². The minimum atomic E-state index is -0.882. The highest BCUT2D eigenvalue weighted by molar-refractivity contribution is 5.74. The van der Waals surface area contributed by atoms with Crippen LogP contribution in [0, 0.1) is 5.41 Å². The Morgan fingerprint density at radius 1 is 0.559 bits per heavy atom. The molecular weight excluding hydrogens is 440 g/mol. The van der Waals surface area contributed by atoms with Gasteiger partial charge in [0.15, 0.2) is 0 Å². The van der Waals surface area contributed by atoms with Crippen molar-refractivity contribution in [2.75, 3.05) is 52.9 Å². The van der Waals surface area contributed by atoms with Crippen molar-refractivity contribution in [2.24, 2.45) is 5.41 Å². The Hall–Kier alpha value is -1.22. The van der Waals surface area contributed by atoms with Crippen LogP contribution in [0.1, 0.15) is 97.3 Å². The zero-order valence-electron chi connectivity index (χ0n) is 21.7. The third-order valence-corrected chi connectivity index (χ3v) is 5.98. The zero-order valence-corrected chi connectivity index (χ0v) is 21.7. The lowest BCUT2D eigenvalue weighted by Gasteiger charge is -2.29. The molecule has 202 valence electrons. The van der Waals surface area contributed by atoms with Crippen molar-refractivity contribution in [1.29, 1.82) is 0 Å². The maximum absolute atomic E-state index is 12.3. The Morgan fingerprint density at radius 3 is 1.44 bits per heavy atom. The second-order valence-electron chi connectivity index (χ2n) is 8.90. The van der Waals surface area contributed by atoms with Gasteiger partial charge in [0.25, 0.3) is 0 Å². The van der Waals surface area contributed by atoms with Crippen LogP contribution in [0.5, 0.6) is 0 Å². The molecule has 0 aromatic carbocycles. The summed E-state index contributed by atoms with van der Waals surface area (Å²) < 4.78 is 22.4. The summed E-state index contributed by atoms with van der Waals surface area (Å²) in [6, 6.07) is 0. The lowest BCUT2D eigenvalue weighted by Crippen LogP contribution is -2.34. The fraction of sp³-hybridized carbons (Fsp3) is 0.923. The molecule has 0 radical (unpaired) electrons. The van der Waals surface area contributed by atoms with Crippen LogP contribution < -0.4 is 0 Å². The lowest BCUT2D eigenvalue weighted by molar-refractivity contribution is -0.152. The molecule has 0 aliphatic heterocycles. The van der Waals surface area contributed by atoms with Crippen molar-refractivity contribution >= 4 is 11.9 Å². The molecule has 8 nitrogen and oxygen atoms in total. The monoisotopic (exact) mass is 490 g/mol. The highest BCUT2D eigenvalue weighted by Gasteiger charge is 2.37. The summed E-state index contributed by atoms with van der Waals surface area (Å²) in [7, 11) is 0. The van der Waals surface area contributed by atoms with Crippen LogP contribution in [-0.2, 0) is 28.5 Å². The van der Waals surface area contributed by atoms with Crippen LogP contribution in [-0.4, -0.2) is 75.0 Å². The Morgan fingerprint density at radius 2 is 1.00 bits per heavy atom. The standard InChI is InChI=1S/C26H50O8/c1-3-5-16-31-20-22-33-18-14-26(25(29)30,13-11-9-7-8-10-12-24(27)28)15-19-34-23-21-32-17-6-4-2/h3-23H2,1-2H3,(H,27,28)(H,29,30). The SMILES string of the molecule is CCCCOCCOCCC(CCCCCCCC(=O)O)(CCOCCOCCCC)C(=O)O. The van der Waals surface area contributed by atoms with Gasteiger partial charge in [0, 0.05) is 32.8 Å². The van der Waals surface area contributed by atoms with Gasteiger partial charge < -0.3 is 29.2 Å². The van der Waals surface area contributed by atoms with E-state index in [4.69, 9.17) is 24.1 Å². The number of aliphatic carboxylic acids is 2. The van der Waals surface area contributed by atoms with Gasteiger partial charge in [0.1, 0.15) is 0 Å². The summed E-state index contributed by atoms with van der Waals surface area (Å²) in [6.07, 6.45) is 10.0. The van der Waals surface area contributed by atoms with Crippen molar-refractivity contribution in [3.63, 3.8) is 0 Å². The van der Waals surface area contributed by atoms with Crippen molar-refractivity contribution in [2.45, 2.75) is 97.3 Å². The number of hydrogen-bond donors (Lipinski definition) is 2. The largest absolute Gasteiger partial charge is 0.481 e. The van der Waals surface area contributed by atoms with Gasteiger partial charge in [0.2, 0.25) is 0 Å². The average molecular weight is 491 g/mol. The molecule has 0 unspecified atom stereocenters. The summed E-state index contributed by atoms with van der Waals surface area (Å²) in [5, 5.41) is 18.8. The predicted octanol–water partition coefficient (Wildman–Crippen LogP) is 5.32. The third kappa shape index (κ3) is 19.1. The molecule has 0 aliphatic rings. The van der Waals surface area contributed by atoms with E-state index >= 15 is 0 Å². The lowest BCUT2D eigenvalue weighted by atomic mass is 9.77. The molecule has 0 spiro atoms. The molecule has 0 amide bonds. The summed E-state index contributed by atoms with van der Waals surface area (Å²) in [4.78, 5) is 22.9. The minimum Gasteiger partial charge on any atom is -0.481 e. The number of hydrogen-bond acceptors (Lipinski definition) is 6. The van der Waals surface area contributed by atoms with E-state index in [-0.39, 0.29) is 6.42 Å². The highest BCUT2D eigenvalue weighted by atomic mass is 16.5. The van der Waals surface area contributed by atoms with Crippen LogP contribution >= 0.6 is 0 Å². The molecule has 0 rings (SSSR count). The second-order valence-corrected chi connectivity index (χ2v) is 8.90. The van der Waals surface area contributed by atoms with E-state index in [0.717, 1.165) is 64.6 Å². The van der Waals surface area contributed by atoms with Gasteiger partial charge in [0.05, 0.1) is 31.8 Å². The summed E-state index contributed by atoms with van der Waals surface area (Å²) in [5.41, 5.74) is -0.882. The molecule has 8 heteroatoms. The molecule has 0 atom stereocenters. The van der Waals surface area contributed by atoms with Gasteiger partial charge >= 0.3 is 11.9 Å². The van der Waals surface area contributed by atoms with E-state index in [2.05, 4.69) is 13.8 Å². The Bertz CT molecular complexity index is 463. The molecule has 0 aliphatic carbocycles. The highest BCUT2D eigenvalue weighted by Crippen LogP contribution is 2.34. The van der Waals surface area contributed by atoms with E-state index in [1.165, 1.54) is 0 Å². The van der Waals surface area contributed by atoms with Gasteiger partial charge in [-0.15, -0.1) is 0 Å². The molecule has 0 aromatic rings. The number of rotatable bonds is 27. The van der Waals surface area contributed by atoms with Gasteiger partial charge in [-0.05, 0) is 38.5 Å². The third-order valence-electron chi connectivity index (χ3n) is 5.98. The molecule has 0 bridgehead atoms. The predicted molar refractivity (Wildman–Crippen MR) is 132 cm³/mol. The topological polar surface area (TPSA) is 112 Å². The molecule has 0 saturated heterocycles. The van der Waals surface area contributed by atoms with Crippen LogP contribution in [0.2, 0.25) is 0 Å². The van der Waals surface area contributed by atoms with E-state index in [1.807, 2.05) is 0 Å². The molecule has 2 N–H and O–H groups in total. The maximum Gasteiger partial charge on any atom is 0.309 e. The summed E-state index contributed by atoms with van der Waals surface area (Å²) in [5.74, 6) is -1.57. The second kappa shape index (κ2) is 23.5. The Balaban J connectivity index is 4.47. The van der Waals surface area contributed by atoms with E-state index < -0.39 is 17.4 Å². The fourth-order valence-electron chi connectivity index (χ4n) is 3.64. The van der Waals surface area contributed by atoms with Crippen LogP contribution in [0.3, 0.4) is 0 Å². The van der Waals surface area contributed by atoms with E-state index in [9.17, 15) is 14.7 Å². The van der Waals surface area contributed by atoms with Crippen LogP contribution in [0.4, 0.5) is 0 Å². The van der Waals surface area contributed by atoms with Gasteiger partial charge in [-0.1, -0.05) is 52.4 Å². The van der Waals surface area contributed by atoms with Gasteiger partial charge in [-0.25, -0.2) is 0 Å². The molecule has 34 heavy (non-hydrogen) atoms. The number of carboxylic acid groups (broad SMARTS) is 2. The number of unbranched alkanes of at least 4 members (excludes halogenated alkanes) is 6. The molecule has 0 aromatic heterocycles. The molecular formula is C26H50O8. The van der Waals surface area contributed by atoms with Crippen LogP contribution in [0.15, 0.2) is 0 Å². The number of carbonyl (C=O) groups is 2. The van der Waals surface area contributed by atoms with Crippen LogP contribution in [0.25, 0.3) is 0 Å². The summed E-state index contributed by atoms with van der Waals surface area (Å²) in [6.45, 7) is 8.42. The van der Waals surface area contributed by atoms with E-state index in [0.29, 0.717) is 65.3 Å². The van der Waals surface area contributed by atoms with Crippen molar-refractivity contribution in [1.82, 2.24) is 0 Å². The molecule has 0 saturated carbocycles. The minimum absolute atomic E-state index is 0.193. The number of ether oxygens (including phenoxy) is 4. The van der Waals surface area contributed by atoms with Gasteiger partial charge in [-0.3, -0.25) is 9.59 Å².